The molecule has 2 heterocycles. The number of aromatic nitrogens is 1. The lowest BCUT2D eigenvalue weighted by Crippen LogP contribution is -2.48. The predicted molar refractivity (Wildman–Crippen MR) is 99.3 cm³/mol. The van der Waals surface area contributed by atoms with Crippen LogP contribution in [-0.2, 0) is 9.59 Å². The van der Waals surface area contributed by atoms with Crippen molar-refractivity contribution in [3.8, 4) is 5.75 Å². The highest BCUT2D eigenvalue weighted by molar-refractivity contribution is 6.03. The van der Waals surface area contributed by atoms with Gasteiger partial charge < -0.3 is 15.0 Å². The van der Waals surface area contributed by atoms with E-state index in [0.717, 1.165) is 5.39 Å². The number of benzene rings is 2. The van der Waals surface area contributed by atoms with Crippen molar-refractivity contribution in [2.24, 2.45) is 0 Å². The van der Waals surface area contributed by atoms with Crippen molar-refractivity contribution in [1.82, 2.24) is 4.98 Å². The van der Waals surface area contributed by atoms with Crippen LogP contribution in [0.1, 0.15) is 6.92 Å². The van der Waals surface area contributed by atoms with Gasteiger partial charge in [0, 0.05) is 18.5 Å². The Morgan fingerprint density at radius 2 is 1.92 bits per heavy atom. The first-order valence-electron chi connectivity index (χ1n) is 8.32. The Balaban J connectivity index is 1.62. The number of pyridine rings is 1. The second-order valence-electron chi connectivity index (χ2n) is 6.07. The number of fused-ring (bicyclic) bond motifs is 2. The molecule has 4 rings (SSSR count). The molecule has 1 N–H and O–H groups in total. The maximum Gasteiger partial charge on any atom is 0.267 e. The molecule has 3 aromatic rings. The van der Waals surface area contributed by atoms with Gasteiger partial charge in [-0.1, -0.05) is 30.3 Å². The van der Waals surface area contributed by atoms with Crippen molar-refractivity contribution in [3.63, 3.8) is 0 Å². The standard InChI is InChI=1S/C20H17N3O3/c1-13(24)23-12-18(26-17-10-3-2-9-16(17)23)20(25)22-15-8-4-6-14-7-5-11-21-19(14)15/h2-11,18H,12H2,1H3,(H,22,25)/t18-/m1/s1. The summed E-state index contributed by atoms with van der Waals surface area (Å²) in [7, 11) is 0. The summed E-state index contributed by atoms with van der Waals surface area (Å²) in [6.45, 7) is 1.64. The van der Waals surface area contributed by atoms with Crippen molar-refractivity contribution >= 4 is 34.1 Å². The van der Waals surface area contributed by atoms with Crippen LogP contribution < -0.4 is 15.0 Å². The van der Waals surface area contributed by atoms with Crippen molar-refractivity contribution in [2.45, 2.75) is 13.0 Å². The minimum absolute atomic E-state index is 0.134. The number of ether oxygens (including phenoxy) is 1. The van der Waals surface area contributed by atoms with E-state index in [2.05, 4.69) is 10.3 Å². The van der Waals surface area contributed by atoms with Gasteiger partial charge in [0.1, 0.15) is 5.75 Å². The van der Waals surface area contributed by atoms with Gasteiger partial charge >= 0.3 is 0 Å². The molecule has 130 valence electrons. The van der Waals surface area contributed by atoms with Crippen LogP contribution in [0.5, 0.6) is 5.75 Å². The van der Waals surface area contributed by atoms with E-state index >= 15 is 0 Å². The molecule has 0 saturated carbocycles. The number of rotatable bonds is 2. The third kappa shape index (κ3) is 2.86. The van der Waals surface area contributed by atoms with Gasteiger partial charge in [0.15, 0.2) is 6.10 Å². The topological polar surface area (TPSA) is 71.5 Å². The Morgan fingerprint density at radius 3 is 2.77 bits per heavy atom. The molecule has 0 spiro atoms. The molecule has 1 aliphatic rings. The lowest BCUT2D eigenvalue weighted by molar-refractivity contribution is -0.123. The Kier molecular flexibility index (Phi) is 4.01. The number of anilines is 2. The van der Waals surface area contributed by atoms with Crippen LogP contribution in [0.25, 0.3) is 10.9 Å². The minimum atomic E-state index is -0.798. The van der Waals surface area contributed by atoms with Crippen molar-refractivity contribution in [2.75, 3.05) is 16.8 Å². The first kappa shape index (κ1) is 16.1. The van der Waals surface area contributed by atoms with E-state index in [1.165, 1.54) is 6.92 Å². The van der Waals surface area contributed by atoms with Crippen molar-refractivity contribution in [3.05, 3.63) is 60.8 Å². The lowest BCUT2D eigenvalue weighted by Gasteiger charge is -2.33. The van der Waals surface area contributed by atoms with E-state index in [1.807, 2.05) is 36.4 Å². The zero-order chi connectivity index (χ0) is 18.1. The SMILES string of the molecule is CC(=O)N1C[C@H](C(=O)Nc2cccc3cccnc23)Oc2ccccc21. The van der Waals surface area contributed by atoms with Crippen molar-refractivity contribution < 1.29 is 14.3 Å². The molecule has 1 atom stereocenters. The molecule has 26 heavy (non-hydrogen) atoms. The molecule has 1 aliphatic heterocycles. The highest BCUT2D eigenvalue weighted by Gasteiger charge is 2.32. The second kappa shape index (κ2) is 6.48. The minimum Gasteiger partial charge on any atom is -0.476 e. The molecule has 0 radical (unpaired) electrons. The third-order valence-corrected chi connectivity index (χ3v) is 4.34. The number of hydrogen-bond donors (Lipinski definition) is 1. The molecule has 0 unspecified atom stereocenters. The molecular formula is C20H17N3O3. The summed E-state index contributed by atoms with van der Waals surface area (Å²) in [5.41, 5.74) is 2.00. The molecular weight excluding hydrogens is 330 g/mol. The van der Waals surface area contributed by atoms with Gasteiger partial charge in [0.25, 0.3) is 5.91 Å². The van der Waals surface area contributed by atoms with E-state index in [1.54, 1.807) is 29.3 Å². The zero-order valence-electron chi connectivity index (χ0n) is 14.2. The molecule has 2 aromatic carbocycles. The average Bonchev–Trinajstić information content (AvgIpc) is 2.67. The lowest BCUT2D eigenvalue weighted by atomic mass is 10.1. The Morgan fingerprint density at radius 1 is 1.12 bits per heavy atom. The van der Waals surface area contributed by atoms with Crippen LogP contribution in [0.15, 0.2) is 60.8 Å². The predicted octanol–water partition coefficient (Wildman–Crippen LogP) is 2.99. The van der Waals surface area contributed by atoms with Gasteiger partial charge in [-0.2, -0.15) is 0 Å². The highest BCUT2D eigenvalue weighted by atomic mass is 16.5. The molecule has 6 heteroatoms. The molecule has 2 amide bonds. The number of nitrogens with zero attached hydrogens (tertiary/aromatic N) is 2. The second-order valence-corrected chi connectivity index (χ2v) is 6.07. The van der Waals surface area contributed by atoms with Crippen LogP contribution in [0.2, 0.25) is 0 Å². The molecule has 1 aromatic heterocycles. The number of carbonyl (C=O) groups excluding carboxylic acids is 2. The molecule has 0 bridgehead atoms. The summed E-state index contributed by atoms with van der Waals surface area (Å²) in [6.07, 6.45) is 0.885. The highest BCUT2D eigenvalue weighted by Crippen LogP contribution is 2.33. The number of amides is 2. The molecule has 0 saturated heterocycles. The molecule has 0 aliphatic carbocycles. The van der Waals surface area contributed by atoms with Crippen LogP contribution in [0, 0.1) is 0 Å². The maximum absolute atomic E-state index is 12.8. The van der Waals surface area contributed by atoms with Gasteiger partial charge in [0.05, 0.1) is 23.4 Å². The number of para-hydroxylation sites is 3. The van der Waals surface area contributed by atoms with E-state index in [9.17, 15) is 9.59 Å². The van der Waals surface area contributed by atoms with E-state index in [-0.39, 0.29) is 18.4 Å². The van der Waals surface area contributed by atoms with Gasteiger partial charge in [-0.15, -0.1) is 0 Å². The fourth-order valence-electron chi connectivity index (χ4n) is 3.09. The third-order valence-electron chi connectivity index (χ3n) is 4.34. The van der Waals surface area contributed by atoms with Crippen LogP contribution in [0.4, 0.5) is 11.4 Å². The Hall–Kier alpha value is -3.41. The summed E-state index contributed by atoms with van der Waals surface area (Å²) >= 11 is 0. The van der Waals surface area contributed by atoms with Gasteiger partial charge in [-0.25, -0.2) is 0 Å². The Bertz CT molecular complexity index is 997. The van der Waals surface area contributed by atoms with Crippen LogP contribution in [-0.4, -0.2) is 29.4 Å². The monoisotopic (exact) mass is 347 g/mol. The first-order chi connectivity index (χ1) is 12.6. The number of carbonyl (C=O) groups is 2. The fourth-order valence-corrected chi connectivity index (χ4v) is 3.09. The van der Waals surface area contributed by atoms with E-state index < -0.39 is 6.10 Å². The summed E-state index contributed by atoms with van der Waals surface area (Å²) in [5, 5.41) is 3.82. The number of nitrogens with one attached hydrogen (secondary N) is 1. The number of hydrogen-bond acceptors (Lipinski definition) is 4. The van der Waals surface area contributed by atoms with Crippen molar-refractivity contribution in [1.29, 1.82) is 0 Å². The molecule has 6 nitrogen and oxygen atoms in total. The fraction of sp³-hybridized carbons (Fsp3) is 0.150. The average molecular weight is 347 g/mol. The summed E-state index contributed by atoms with van der Waals surface area (Å²) in [4.78, 5) is 30.7. The smallest absolute Gasteiger partial charge is 0.267 e. The van der Waals surface area contributed by atoms with E-state index in [0.29, 0.717) is 22.6 Å². The molecule has 0 fully saturated rings. The van der Waals surface area contributed by atoms with Crippen LogP contribution >= 0.6 is 0 Å². The summed E-state index contributed by atoms with van der Waals surface area (Å²) in [6, 6.07) is 16.6. The zero-order valence-corrected chi connectivity index (χ0v) is 14.2. The van der Waals surface area contributed by atoms with Crippen LogP contribution in [0.3, 0.4) is 0 Å². The quantitative estimate of drug-likeness (QED) is 0.774. The summed E-state index contributed by atoms with van der Waals surface area (Å²) < 4.78 is 5.83. The van der Waals surface area contributed by atoms with Gasteiger partial charge in [-0.3, -0.25) is 14.6 Å². The van der Waals surface area contributed by atoms with Gasteiger partial charge in [-0.05, 0) is 24.3 Å². The summed E-state index contributed by atoms with van der Waals surface area (Å²) in [5.74, 6) is 0.0689. The normalized spacial score (nSPS) is 15.9. The van der Waals surface area contributed by atoms with E-state index in [4.69, 9.17) is 4.74 Å². The Labute approximate surface area is 150 Å². The largest absolute Gasteiger partial charge is 0.476 e. The maximum atomic E-state index is 12.8. The first-order valence-corrected chi connectivity index (χ1v) is 8.32. The van der Waals surface area contributed by atoms with Gasteiger partial charge in [0.2, 0.25) is 5.91 Å².